The average molecular weight is 393 g/mol. The van der Waals surface area contributed by atoms with Gasteiger partial charge in [0, 0.05) is 30.4 Å². The first-order valence-electron chi connectivity index (χ1n) is 8.99. The Morgan fingerprint density at radius 1 is 0.964 bits per heavy atom. The Morgan fingerprint density at radius 3 is 2.50 bits per heavy atom. The van der Waals surface area contributed by atoms with Crippen LogP contribution >= 0.6 is 11.8 Å². The van der Waals surface area contributed by atoms with Gasteiger partial charge in [0.25, 0.3) is 11.8 Å². The molecule has 3 aromatic rings. The highest BCUT2D eigenvalue weighted by atomic mass is 32.2. The number of rotatable bonds is 5. The summed E-state index contributed by atoms with van der Waals surface area (Å²) >= 11 is 1.38. The zero-order valence-electron chi connectivity index (χ0n) is 15.2. The summed E-state index contributed by atoms with van der Waals surface area (Å²) in [5.41, 5.74) is 0.644. The van der Waals surface area contributed by atoms with E-state index in [0.717, 1.165) is 4.90 Å². The van der Waals surface area contributed by atoms with Crippen LogP contribution in [0.15, 0.2) is 76.9 Å². The van der Waals surface area contributed by atoms with E-state index in [1.807, 2.05) is 59.5 Å². The fourth-order valence-corrected chi connectivity index (χ4v) is 3.74. The molecule has 142 valence electrons. The Bertz CT molecular complexity index is 946. The SMILES string of the molecule is O=C(c1ccccc1Sc1nccnc1Oc1ccccc1)N1CCOCC1. The van der Waals surface area contributed by atoms with Gasteiger partial charge in [0.1, 0.15) is 5.75 Å². The van der Waals surface area contributed by atoms with Crippen molar-refractivity contribution in [2.45, 2.75) is 9.92 Å². The molecule has 0 aliphatic carbocycles. The lowest BCUT2D eigenvalue weighted by Crippen LogP contribution is -2.40. The zero-order valence-corrected chi connectivity index (χ0v) is 16.0. The summed E-state index contributed by atoms with van der Waals surface area (Å²) in [5.74, 6) is 1.09. The van der Waals surface area contributed by atoms with Crippen LogP contribution in [-0.4, -0.2) is 47.1 Å². The van der Waals surface area contributed by atoms with Crippen LogP contribution in [0.3, 0.4) is 0 Å². The topological polar surface area (TPSA) is 64.5 Å². The molecule has 4 rings (SSSR count). The number of nitrogens with zero attached hydrogens (tertiary/aromatic N) is 3. The number of hydrogen-bond donors (Lipinski definition) is 0. The molecule has 1 aliphatic heterocycles. The lowest BCUT2D eigenvalue weighted by molar-refractivity contribution is 0.0300. The minimum absolute atomic E-state index is 0.000757. The summed E-state index contributed by atoms with van der Waals surface area (Å²) in [5, 5.41) is 0.605. The quantitative estimate of drug-likeness (QED) is 0.655. The van der Waals surface area contributed by atoms with E-state index in [-0.39, 0.29) is 5.91 Å². The van der Waals surface area contributed by atoms with E-state index in [4.69, 9.17) is 9.47 Å². The van der Waals surface area contributed by atoms with Crippen molar-refractivity contribution in [1.82, 2.24) is 14.9 Å². The lowest BCUT2D eigenvalue weighted by Gasteiger charge is -2.27. The maximum Gasteiger partial charge on any atom is 0.255 e. The van der Waals surface area contributed by atoms with E-state index in [9.17, 15) is 4.79 Å². The molecule has 0 atom stereocenters. The molecule has 0 unspecified atom stereocenters. The van der Waals surface area contributed by atoms with Crippen LogP contribution in [0, 0.1) is 0 Å². The van der Waals surface area contributed by atoms with Gasteiger partial charge in [-0.1, -0.05) is 42.1 Å². The second-order valence-electron chi connectivity index (χ2n) is 6.08. The number of benzene rings is 2. The molecule has 2 aromatic carbocycles. The number of carbonyl (C=O) groups excluding carboxylic acids is 1. The van der Waals surface area contributed by atoms with Gasteiger partial charge >= 0.3 is 0 Å². The van der Waals surface area contributed by atoms with Gasteiger partial charge in [0.2, 0.25) is 0 Å². The van der Waals surface area contributed by atoms with E-state index in [0.29, 0.717) is 48.5 Å². The largest absolute Gasteiger partial charge is 0.437 e. The average Bonchev–Trinajstić information content (AvgIpc) is 2.76. The van der Waals surface area contributed by atoms with Crippen LogP contribution in [0.4, 0.5) is 0 Å². The summed E-state index contributed by atoms with van der Waals surface area (Å²) in [6.07, 6.45) is 3.21. The first-order valence-corrected chi connectivity index (χ1v) is 9.81. The predicted molar refractivity (Wildman–Crippen MR) is 106 cm³/mol. The summed E-state index contributed by atoms with van der Waals surface area (Å²) in [6.45, 7) is 2.34. The Morgan fingerprint density at radius 2 is 1.68 bits per heavy atom. The van der Waals surface area contributed by atoms with Crippen molar-refractivity contribution in [3.05, 3.63) is 72.6 Å². The van der Waals surface area contributed by atoms with Crippen molar-refractivity contribution in [2.24, 2.45) is 0 Å². The fourth-order valence-electron chi connectivity index (χ4n) is 2.83. The molecule has 0 saturated carbocycles. The third-order valence-corrected chi connectivity index (χ3v) is 5.26. The molecule has 0 bridgehead atoms. The van der Waals surface area contributed by atoms with E-state index in [1.165, 1.54) is 11.8 Å². The number of hydrogen-bond acceptors (Lipinski definition) is 6. The molecule has 6 nitrogen and oxygen atoms in total. The smallest absolute Gasteiger partial charge is 0.255 e. The van der Waals surface area contributed by atoms with Crippen molar-refractivity contribution < 1.29 is 14.3 Å². The predicted octanol–water partition coefficient (Wildman–Crippen LogP) is 3.89. The zero-order chi connectivity index (χ0) is 19.2. The normalized spacial score (nSPS) is 13.9. The maximum atomic E-state index is 13.0. The minimum atomic E-state index is 0.000757. The summed E-state index contributed by atoms with van der Waals surface area (Å²) in [6, 6.07) is 17.0. The van der Waals surface area contributed by atoms with Gasteiger partial charge in [0.15, 0.2) is 5.03 Å². The lowest BCUT2D eigenvalue weighted by atomic mass is 10.2. The summed E-state index contributed by atoms with van der Waals surface area (Å²) < 4.78 is 11.2. The number of carbonyl (C=O) groups is 1. The Hall–Kier alpha value is -2.90. The minimum Gasteiger partial charge on any atom is -0.437 e. The Labute approximate surface area is 167 Å². The van der Waals surface area contributed by atoms with Crippen molar-refractivity contribution in [3.63, 3.8) is 0 Å². The third-order valence-electron chi connectivity index (χ3n) is 4.21. The van der Waals surface area contributed by atoms with E-state index in [1.54, 1.807) is 12.4 Å². The molecule has 0 radical (unpaired) electrons. The Balaban J connectivity index is 1.59. The van der Waals surface area contributed by atoms with Crippen LogP contribution in [0.2, 0.25) is 0 Å². The fraction of sp³-hybridized carbons (Fsp3) is 0.190. The van der Waals surface area contributed by atoms with Crippen molar-refractivity contribution in [3.8, 4) is 11.6 Å². The highest BCUT2D eigenvalue weighted by Crippen LogP contribution is 2.35. The summed E-state index contributed by atoms with van der Waals surface area (Å²) in [7, 11) is 0. The molecule has 1 saturated heterocycles. The molecule has 1 fully saturated rings. The number of para-hydroxylation sites is 1. The van der Waals surface area contributed by atoms with Gasteiger partial charge in [0.05, 0.1) is 18.8 Å². The molecular weight excluding hydrogens is 374 g/mol. The number of amides is 1. The molecule has 1 aliphatic rings. The van der Waals surface area contributed by atoms with Crippen molar-refractivity contribution in [1.29, 1.82) is 0 Å². The number of morpholine rings is 1. The second-order valence-corrected chi connectivity index (χ2v) is 7.12. The highest BCUT2D eigenvalue weighted by Gasteiger charge is 2.22. The molecule has 0 spiro atoms. The first-order chi connectivity index (χ1) is 13.8. The van der Waals surface area contributed by atoms with Gasteiger partial charge in [-0.2, -0.15) is 0 Å². The van der Waals surface area contributed by atoms with Crippen molar-refractivity contribution in [2.75, 3.05) is 26.3 Å². The number of ether oxygens (including phenoxy) is 2. The third kappa shape index (κ3) is 4.32. The van der Waals surface area contributed by atoms with E-state index in [2.05, 4.69) is 9.97 Å². The molecule has 7 heteroatoms. The van der Waals surface area contributed by atoms with Crippen molar-refractivity contribution >= 4 is 17.7 Å². The summed E-state index contributed by atoms with van der Waals surface area (Å²) in [4.78, 5) is 24.3. The van der Waals surface area contributed by atoms with Gasteiger partial charge in [-0.25, -0.2) is 9.97 Å². The van der Waals surface area contributed by atoms with Gasteiger partial charge in [-0.05, 0) is 24.3 Å². The van der Waals surface area contributed by atoms with E-state index >= 15 is 0 Å². The molecule has 2 heterocycles. The van der Waals surface area contributed by atoms with Gasteiger partial charge in [-0.15, -0.1) is 0 Å². The van der Waals surface area contributed by atoms with Crippen LogP contribution in [0.25, 0.3) is 0 Å². The molecular formula is C21H19N3O3S. The van der Waals surface area contributed by atoms with Crippen LogP contribution in [-0.2, 0) is 4.74 Å². The second kappa shape index (κ2) is 8.86. The standard InChI is InChI=1S/C21H19N3O3S/c25-21(24-12-14-26-15-13-24)17-8-4-5-9-18(17)28-20-19(22-10-11-23-20)27-16-6-2-1-3-7-16/h1-11H,12-15H2. The van der Waals surface area contributed by atoms with Crippen LogP contribution in [0.5, 0.6) is 11.6 Å². The van der Waals surface area contributed by atoms with E-state index < -0.39 is 0 Å². The van der Waals surface area contributed by atoms with Crippen LogP contribution in [0.1, 0.15) is 10.4 Å². The molecule has 28 heavy (non-hydrogen) atoms. The molecule has 0 N–H and O–H groups in total. The molecule has 1 aromatic heterocycles. The monoisotopic (exact) mass is 393 g/mol. The first kappa shape index (κ1) is 18.5. The maximum absolute atomic E-state index is 13.0. The van der Waals surface area contributed by atoms with Gasteiger partial charge in [-0.3, -0.25) is 4.79 Å². The number of aromatic nitrogens is 2. The van der Waals surface area contributed by atoms with Gasteiger partial charge < -0.3 is 14.4 Å². The Kier molecular flexibility index (Phi) is 5.84. The highest BCUT2D eigenvalue weighted by molar-refractivity contribution is 7.99. The van der Waals surface area contributed by atoms with Crippen LogP contribution < -0.4 is 4.74 Å². The molecule has 1 amide bonds.